The van der Waals surface area contributed by atoms with E-state index >= 15 is 0 Å². The Balaban J connectivity index is 1.75. The molecule has 158 valence electrons. The van der Waals surface area contributed by atoms with Crippen molar-refractivity contribution in [2.75, 3.05) is 0 Å². The van der Waals surface area contributed by atoms with Gasteiger partial charge in [-0.15, -0.1) is 11.3 Å². The van der Waals surface area contributed by atoms with E-state index in [1.165, 1.54) is 12.1 Å². The maximum absolute atomic E-state index is 13.6. The van der Waals surface area contributed by atoms with Crippen molar-refractivity contribution in [2.24, 2.45) is 0 Å². The minimum Gasteiger partial charge on any atom is -0.462 e. The number of esters is 1. The van der Waals surface area contributed by atoms with Crippen molar-refractivity contribution < 1.29 is 19.0 Å². The predicted octanol–water partition coefficient (Wildman–Crippen LogP) is 4.86. The van der Waals surface area contributed by atoms with E-state index in [9.17, 15) is 14.3 Å². The molecule has 7 heteroatoms. The second kappa shape index (κ2) is 8.70. The molecule has 1 aliphatic rings. The number of aliphatic hydroxyl groups excluding tert-OH is 1. The molecule has 0 spiro atoms. The van der Waals surface area contributed by atoms with Gasteiger partial charge in [0.15, 0.2) is 0 Å². The van der Waals surface area contributed by atoms with Crippen LogP contribution in [0.3, 0.4) is 0 Å². The third-order valence-corrected chi connectivity index (χ3v) is 6.19. The van der Waals surface area contributed by atoms with Crippen LogP contribution in [0.25, 0.3) is 16.3 Å². The maximum atomic E-state index is 13.6. The van der Waals surface area contributed by atoms with Crippen molar-refractivity contribution in [3.05, 3.63) is 58.9 Å². The van der Waals surface area contributed by atoms with Crippen molar-refractivity contribution in [3.63, 3.8) is 0 Å². The molecule has 0 unspecified atom stereocenters. The van der Waals surface area contributed by atoms with Gasteiger partial charge in [0.25, 0.3) is 0 Å². The number of benzene rings is 1. The highest BCUT2D eigenvalue weighted by Crippen LogP contribution is 2.35. The number of cyclic esters (lactones) is 1. The fourth-order valence-corrected chi connectivity index (χ4v) is 4.66. The van der Waals surface area contributed by atoms with Crippen LogP contribution in [0.5, 0.6) is 0 Å². The molecular formula is C23H25FN2O3S. The average molecular weight is 429 g/mol. The molecule has 1 fully saturated rings. The molecule has 2 aromatic heterocycles. The molecule has 4 rings (SSSR count). The maximum Gasteiger partial charge on any atom is 0.308 e. The Morgan fingerprint density at radius 2 is 2.07 bits per heavy atom. The van der Waals surface area contributed by atoms with E-state index in [1.807, 2.05) is 22.2 Å². The van der Waals surface area contributed by atoms with E-state index < -0.39 is 6.10 Å². The second-order valence-corrected chi connectivity index (χ2v) is 8.91. The zero-order valence-corrected chi connectivity index (χ0v) is 17.9. The predicted molar refractivity (Wildman–Crippen MR) is 114 cm³/mol. The summed E-state index contributed by atoms with van der Waals surface area (Å²) in [5, 5.41) is 17.8. The first-order valence-electron chi connectivity index (χ1n) is 10.2. The van der Waals surface area contributed by atoms with Crippen LogP contribution in [-0.4, -0.2) is 33.1 Å². The van der Waals surface area contributed by atoms with Crippen LogP contribution in [0.1, 0.15) is 50.3 Å². The summed E-state index contributed by atoms with van der Waals surface area (Å²) in [6, 6.07) is 10.5. The summed E-state index contributed by atoms with van der Waals surface area (Å²) in [7, 11) is 0. The van der Waals surface area contributed by atoms with Gasteiger partial charge in [0.2, 0.25) is 0 Å². The van der Waals surface area contributed by atoms with Gasteiger partial charge in [-0.05, 0) is 60.5 Å². The number of hydrogen-bond acceptors (Lipinski definition) is 5. The Morgan fingerprint density at radius 3 is 2.70 bits per heavy atom. The molecule has 0 bridgehead atoms. The summed E-state index contributed by atoms with van der Waals surface area (Å²) in [6.45, 7) is 4.20. The topological polar surface area (TPSA) is 64.3 Å². The summed E-state index contributed by atoms with van der Waals surface area (Å²) in [4.78, 5) is 11.7. The van der Waals surface area contributed by atoms with Gasteiger partial charge in [0.05, 0.1) is 23.9 Å². The SMILES string of the molecule is CC(C)c1nn(-c2cccs2)c(-c2ccc(F)cc2)c1CC[C@H]1C[C@@H](O)CC(=O)O1. The second-order valence-electron chi connectivity index (χ2n) is 7.98. The van der Waals surface area contributed by atoms with E-state index in [1.54, 1.807) is 23.5 Å². The van der Waals surface area contributed by atoms with Crippen LogP contribution in [0.4, 0.5) is 4.39 Å². The lowest BCUT2D eigenvalue weighted by Crippen LogP contribution is -2.32. The van der Waals surface area contributed by atoms with Gasteiger partial charge < -0.3 is 9.84 Å². The van der Waals surface area contributed by atoms with Crippen molar-refractivity contribution in [2.45, 2.75) is 57.7 Å². The minimum atomic E-state index is -0.647. The number of rotatable bonds is 6. The van der Waals surface area contributed by atoms with Crippen LogP contribution in [0.15, 0.2) is 41.8 Å². The summed E-state index contributed by atoms with van der Waals surface area (Å²) >= 11 is 1.59. The zero-order valence-electron chi connectivity index (χ0n) is 17.0. The number of aromatic nitrogens is 2. The van der Waals surface area contributed by atoms with Crippen LogP contribution < -0.4 is 0 Å². The first kappa shape index (κ1) is 20.8. The van der Waals surface area contributed by atoms with Crippen LogP contribution in [0, 0.1) is 5.82 Å². The molecule has 3 heterocycles. The minimum absolute atomic E-state index is 0.0604. The highest BCUT2D eigenvalue weighted by atomic mass is 32.1. The smallest absolute Gasteiger partial charge is 0.308 e. The van der Waals surface area contributed by atoms with Crippen molar-refractivity contribution >= 4 is 17.3 Å². The van der Waals surface area contributed by atoms with Crippen molar-refractivity contribution in [3.8, 4) is 16.3 Å². The van der Waals surface area contributed by atoms with E-state index in [2.05, 4.69) is 13.8 Å². The molecule has 3 aromatic rings. The first-order chi connectivity index (χ1) is 14.4. The Hall–Kier alpha value is -2.51. The van der Waals surface area contributed by atoms with E-state index in [0.29, 0.717) is 19.3 Å². The zero-order chi connectivity index (χ0) is 21.3. The third kappa shape index (κ3) is 4.32. The van der Waals surface area contributed by atoms with Crippen LogP contribution in [-0.2, 0) is 16.0 Å². The summed E-state index contributed by atoms with van der Waals surface area (Å²) in [5.41, 5.74) is 3.87. The number of aliphatic hydroxyl groups is 1. The molecule has 2 atom stereocenters. The lowest BCUT2D eigenvalue weighted by Gasteiger charge is -2.26. The molecule has 30 heavy (non-hydrogen) atoms. The normalized spacial score (nSPS) is 19.3. The van der Waals surface area contributed by atoms with Crippen LogP contribution >= 0.6 is 11.3 Å². The molecule has 1 aromatic carbocycles. The van der Waals surface area contributed by atoms with E-state index in [4.69, 9.17) is 9.84 Å². The molecule has 0 aliphatic carbocycles. The Kier molecular flexibility index (Phi) is 6.01. The molecule has 5 nitrogen and oxygen atoms in total. The molecule has 1 aliphatic heterocycles. The van der Waals surface area contributed by atoms with Crippen molar-refractivity contribution in [1.29, 1.82) is 0 Å². The van der Waals surface area contributed by atoms with Gasteiger partial charge >= 0.3 is 5.97 Å². The molecule has 0 saturated carbocycles. The molecule has 0 radical (unpaired) electrons. The monoisotopic (exact) mass is 428 g/mol. The Bertz CT molecular complexity index is 1010. The number of hydrogen-bond donors (Lipinski definition) is 1. The lowest BCUT2D eigenvalue weighted by atomic mass is 9.93. The summed E-state index contributed by atoms with van der Waals surface area (Å²) in [5.74, 6) is -0.439. The number of carbonyl (C=O) groups excluding carboxylic acids is 1. The van der Waals surface area contributed by atoms with E-state index in [0.717, 1.165) is 27.5 Å². The summed E-state index contributed by atoms with van der Waals surface area (Å²) in [6.07, 6.45) is 0.806. The first-order valence-corrected chi connectivity index (χ1v) is 11.1. The van der Waals surface area contributed by atoms with Gasteiger partial charge in [-0.2, -0.15) is 5.10 Å². The van der Waals surface area contributed by atoms with Gasteiger partial charge in [0.1, 0.15) is 16.9 Å². The number of carbonyl (C=O) groups is 1. The van der Waals surface area contributed by atoms with Gasteiger partial charge in [0, 0.05) is 17.5 Å². The van der Waals surface area contributed by atoms with Gasteiger partial charge in [-0.1, -0.05) is 13.8 Å². The largest absolute Gasteiger partial charge is 0.462 e. The molecular weight excluding hydrogens is 403 g/mol. The van der Waals surface area contributed by atoms with Gasteiger partial charge in [-0.25, -0.2) is 9.07 Å². The van der Waals surface area contributed by atoms with Gasteiger partial charge in [-0.3, -0.25) is 4.79 Å². The quantitative estimate of drug-likeness (QED) is 0.570. The Morgan fingerprint density at radius 1 is 1.30 bits per heavy atom. The molecule has 1 N–H and O–H groups in total. The number of ether oxygens (including phenoxy) is 1. The lowest BCUT2D eigenvalue weighted by molar-refractivity contribution is -0.160. The average Bonchev–Trinajstić information content (AvgIpc) is 3.34. The Labute approximate surface area is 179 Å². The number of halogens is 1. The fourth-order valence-electron chi connectivity index (χ4n) is 3.98. The fraction of sp³-hybridized carbons (Fsp3) is 0.391. The standard InChI is InChI=1S/C23H25FN2O3S/c1-14(2)22-19(10-9-18-12-17(27)13-21(28)29-18)23(15-5-7-16(24)8-6-15)26(25-22)20-4-3-11-30-20/h3-8,11,14,17-18,27H,9-10,12-13H2,1-2H3/t17-,18+/m1/s1. The number of thiophene rings is 1. The number of nitrogens with zero attached hydrogens (tertiary/aromatic N) is 2. The van der Waals surface area contributed by atoms with E-state index in [-0.39, 0.29) is 30.2 Å². The molecule has 0 amide bonds. The highest BCUT2D eigenvalue weighted by Gasteiger charge is 2.29. The summed E-state index contributed by atoms with van der Waals surface area (Å²) < 4.78 is 21.0. The molecule has 1 saturated heterocycles. The van der Waals surface area contributed by atoms with Crippen molar-refractivity contribution in [1.82, 2.24) is 9.78 Å². The third-order valence-electron chi connectivity index (χ3n) is 5.35. The highest BCUT2D eigenvalue weighted by molar-refractivity contribution is 7.12. The van der Waals surface area contributed by atoms with Crippen LogP contribution in [0.2, 0.25) is 0 Å².